The van der Waals surface area contributed by atoms with Gasteiger partial charge in [0.1, 0.15) is 11.6 Å². The molecule has 0 aliphatic rings. The molecule has 0 saturated heterocycles. The largest absolute Gasteiger partial charge is 0.433 e. The van der Waals surface area contributed by atoms with E-state index in [1.807, 2.05) is 13.8 Å². The van der Waals surface area contributed by atoms with Crippen molar-refractivity contribution in [3.8, 4) is 0 Å². The highest BCUT2D eigenvalue weighted by Crippen LogP contribution is 2.30. The predicted octanol–water partition coefficient (Wildman–Crippen LogP) is 3.21. The van der Waals surface area contributed by atoms with Crippen LogP contribution >= 0.6 is 0 Å². The fourth-order valence-corrected chi connectivity index (χ4v) is 2.21. The van der Waals surface area contributed by atoms with Gasteiger partial charge >= 0.3 is 6.18 Å². The zero-order chi connectivity index (χ0) is 17.9. The van der Waals surface area contributed by atoms with Crippen molar-refractivity contribution in [2.45, 2.75) is 32.9 Å². The molecule has 0 aromatic carbocycles. The molecule has 2 heterocycles. The molecule has 24 heavy (non-hydrogen) atoms. The van der Waals surface area contributed by atoms with Gasteiger partial charge in [-0.25, -0.2) is 4.98 Å². The molecule has 0 aliphatic heterocycles. The predicted molar refractivity (Wildman–Crippen MR) is 84.1 cm³/mol. The first-order chi connectivity index (χ1) is 11.2. The van der Waals surface area contributed by atoms with Gasteiger partial charge in [-0.2, -0.15) is 18.2 Å². The number of rotatable bonds is 6. The van der Waals surface area contributed by atoms with Crippen LogP contribution in [0.3, 0.4) is 0 Å². The lowest BCUT2D eigenvalue weighted by Gasteiger charge is -2.15. The minimum absolute atomic E-state index is 0.0349. The molecular weight excluding hydrogens is 323 g/mol. The summed E-state index contributed by atoms with van der Waals surface area (Å²) in [5, 5.41) is 6.73. The fraction of sp³-hybridized carbons (Fsp3) is 0.533. The molecule has 9 heteroatoms. The van der Waals surface area contributed by atoms with E-state index >= 15 is 0 Å². The number of nitrogens with one attached hydrogen (secondary N) is 1. The zero-order valence-electron chi connectivity index (χ0n) is 14.0. The van der Waals surface area contributed by atoms with Gasteiger partial charge < -0.3 is 14.7 Å². The summed E-state index contributed by atoms with van der Waals surface area (Å²) in [6, 6.07) is 0.926. The first-order valence-electron chi connectivity index (χ1n) is 7.47. The highest BCUT2D eigenvalue weighted by Gasteiger charge is 2.33. The number of aryl methyl sites for hydroxylation is 2. The highest BCUT2D eigenvalue weighted by atomic mass is 19.4. The Bertz CT molecular complexity index is 677. The second-order valence-corrected chi connectivity index (χ2v) is 5.66. The summed E-state index contributed by atoms with van der Waals surface area (Å²) in [7, 11) is 3.26. The summed E-state index contributed by atoms with van der Waals surface area (Å²) in [6.07, 6.45) is -3.10. The molecule has 132 valence electrons. The van der Waals surface area contributed by atoms with Crippen LogP contribution in [0.25, 0.3) is 0 Å². The van der Waals surface area contributed by atoms with E-state index in [4.69, 9.17) is 4.52 Å². The molecule has 6 nitrogen and oxygen atoms in total. The van der Waals surface area contributed by atoms with Crippen LogP contribution in [0.5, 0.6) is 0 Å². The van der Waals surface area contributed by atoms with Gasteiger partial charge in [0.15, 0.2) is 5.69 Å². The summed E-state index contributed by atoms with van der Waals surface area (Å²) in [5.74, 6) is 0.926. The zero-order valence-corrected chi connectivity index (χ0v) is 14.0. The number of nitrogens with zero attached hydrogens (tertiary/aromatic N) is 4. The molecule has 1 N–H and O–H groups in total. The van der Waals surface area contributed by atoms with Crippen LogP contribution in [0.1, 0.15) is 29.1 Å². The van der Waals surface area contributed by atoms with Crippen molar-refractivity contribution in [3.05, 3.63) is 28.8 Å². The summed E-state index contributed by atoms with van der Waals surface area (Å²) in [4.78, 5) is 9.15. The van der Waals surface area contributed by atoms with Crippen LogP contribution in [0.15, 0.2) is 10.6 Å². The molecule has 0 saturated carbocycles. The van der Waals surface area contributed by atoms with Crippen molar-refractivity contribution in [2.75, 3.05) is 30.9 Å². The van der Waals surface area contributed by atoms with Gasteiger partial charge in [0.2, 0.25) is 5.95 Å². The number of hydrogen-bond donors (Lipinski definition) is 1. The van der Waals surface area contributed by atoms with Crippen LogP contribution in [0, 0.1) is 13.8 Å². The van der Waals surface area contributed by atoms with Gasteiger partial charge in [-0.05, 0) is 26.7 Å². The average molecular weight is 343 g/mol. The van der Waals surface area contributed by atoms with Crippen molar-refractivity contribution >= 4 is 11.8 Å². The van der Waals surface area contributed by atoms with Crippen molar-refractivity contribution in [1.29, 1.82) is 0 Å². The topological polar surface area (TPSA) is 67.1 Å². The SMILES string of the molecule is Cc1noc(C)c1CCCNc1nc(N(C)C)cc(C(F)(F)F)n1. The van der Waals surface area contributed by atoms with Crippen LogP contribution in [0.2, 0.25) is 0 Å². The van der Waals surface area contributed by atoms with E-state index in [9.17, 15) is 13.2 Å². The van der Waals surface area contributed by atoms with E-state index in [-0.39, 0.29) is 11.8 Å². The Morgan fingerprint density at radius 3 is 2.46 bits per heavy atom. The molecule has 0 unspecified atom stereocenters. The van der Waals surface area contributed by atoms with Crippen LogP contribution < -0.4 is 10.2 Å². The van der Waals surface area contributed by atoms with Gasteiger partial charge in [-0.3, -0.25) is 0 Å². The Hall–Kier alpha value is -2.32. The second-order valence-electron chi connectivity index (χ2n) is 5.66. The molecule has 0 atom stereocenters. The molecule has 2 rings (SSSR count). The standard InChI is InChI=1S/C15H20F3N5O/c1-9-11(10(2)24-22-9)6-5-7-19-14-20-12(15(16,17)18)8-13(21-14)23(3)4/h8H,5-7H2,1-4H3,(H,19,20,21). The molecule has 0 bridgehead atoms. The molecular formula is C15H20F3N5O. The third-order valence-electron chi connectivity index (χ3n) is 3.53. The quantitative estimate of drug-likeness (QED) is 0.813. The van der Waals surface area contributed by atoms with Crippen molar-refractivity contribution in [2.24, 2.45) is 0 Å². The summed E-state index contributed by atoms with van der Waals surface area (Å²) < 4.78 is 43.8. The number of anilines is 2. The fourth-order valence-electron chi connectivity index (χ4n) is 2.21. The Kier molecular flexibility index (Phi) is 5.30. The lowest BCUT2D eigenvalue weighted by atomic mass is 10.1. The second kappa shape index (κ2) is 7.06. The minimum Gasteiger partial charge on any atom is -0.363 e. The Balaban J connectivity index is 2.02. The van der Waals surface area contributed by atoms with Gasteiger partial charge in [0.05, 0.1) is 5.69 Å². The lowest BCUT2D eigenvalue weighted by Crippen LogP contribution is -2.18. The van der Waals surface area contributed by atoms with E-state index in [1.54, 1.807) is 14.1 Å². The molecule has 0 radical (unpaired) electrons. The molecule has 2 aromatic heterocycles. The molecule has 0 spiro atoms. The summed E-state index contributed by atoms with van der Waals surface area (Å²) in [6.45, 7) is 4.14. The van der Waals surface area contributed by atoms with Crippen molar-refractivity contribution in [1.82, 2.24) is 15.1 Å². The Morgan fingerprint density at radius 1 is 1.21 bits per heavy atom. The smallest absolute Gasteiger partial charge is 0.363 e. The van der Waals surface area contributed by atoms with E-state index in [1.165, 1.54) is 4.90 Å². The number of alkyl halides is 3. The first-order valence-corrected chi connectivity index (χ1v) is 7.47. The minimum atomic E-state index is -4.51. The van der Waals surface area contributed by atoms with Crippen LogP contribution in [0.4, 0.5) is 24.9 Å². The first kappa shape index (κ1) is 18.0. The maximum absolute atomic E-state index is 12.9. The number of hydrogen-bond acceptors (Lipinski definition) is 6. The average Bonchev–Trinajstić information content (AvgIpc) is 2.81. The van der Waals surface area contributed by atoms with Crippen LogP contribution in [-0.2, 0) is 12.6 Å². The van der Waals surface area contributed by atoms with Crippen molar-refractivity contribution < 1.29 is 17.7 Å². The number of halogens is 3. The molecule has 0 aliphatic carbocycles. The third kappa shape index (κ3) is 4.36. The van der Waals surface area contributed by atoms with E-state index < -0.39 is 11.9 Å². The molecule has 2 aromatic rings. The number of aromatic nitrogens is 3. The van der Waals surface area contributed by atoms with Gasteiger partial charge in [0.25, 0.3) is 0 Å². The van der Waals surface area contributed by atoms with Gasteiger partial charge in [-0.1, -0.05) is 5.16 Å². The highest BCUT2D eigenvalue weighted by molar-refractivity contribution is 5.44. The molecule has 0 amide bonds. The van der Waals surface area contributed by atoms with Gasteiger partial charge in [-0.15, -0.1) is 0 Å². The third-order valence-corrected chi connectivity index (χ3v) is 3.53. The monoisotopic (exact) mass is 343 g/mol. The van der Waals surface area contributed by atoms with Crippen LogP contribution in [-0.4, -0.2) is 35.8 Å². The lowest BCUT2D eigenvalue weighted by molar-refractivity contribution is -0.141. The van der Waals surface area contributed by atoms with E-state index in [0.29, 0.717) is 19.4 Å². The maximum atomic E-state index is 12.9. The summed E-state index contributed by atoms with van der Waals surface area (Å²) >= 11 is 0. The normalized spacial score (nSPS) is 11.6. The van der Waals surface area contributed by atoms with E-state index in [2.05, 4.69) is 20.4 Å². The summed E-state index contributed by atoms with van der Waals surface area (Å²) in [5.41, 5.74) is 0.892. The molecule has 0 fully saturated rings. The maximum Gasteiger partial charge on any atom is 0.433 e. The van der Waals surface area contributed by atoms with Gasteiger partial charge in [0, 0.05) is 32.3 Å². The van der Waals surface area contributed by atoms with E-state index in [0.717, 1.165) is 23.1 Å². The van der Waals surface area contributed by atoms with Crippen molar-refractivity contribution in [3.63, 3.8) is 0 Å². The Morgan fingerprint density at radius 2 is 1.92 bits per heavy atom. The Labute approximate surface area is 138 Å².